The molecule has 0 radical (unpaired) electrons. The zero-order chi connectivity index (χ0) is 19.6. The first-order chi connectivity index (χ1) is 13.0. The van der Waals surface area contributed by atoms with Gasteiger partial charge in [0.25, 0.3) is 5.91 Å². The van der Waals surface area contributed by atoms with Crippen LogP contribution in [0.15, 0.2) is 39.8 Å². The van der Waals surface area contributed by atoms with E-state index < -0.39 is 5.91 Å². The normalized spacial score (nSPS) is 11.4. The van der Waals surface area contributed by atoms with E-state index in [1.807, 2.05) is 12.1 Å². The number of nitrogens with zero attached hydrogens (tertiary/aromatic N) is 2. The van der Waals surface area contributed by atoms with E-state index >= 15 is 0 Å². The number of aromatic nitrogens is 1. The van der Waals surface area contributed by atoms with Crippen LogP contribution in [0.1, 0.15) is 10.4 Å². The monoisotopic (exact) mass is 464 g/mol. The molecule has 0 bridgehead atoms. The maximum atomic E-state index is 12.7. The minimum absolute atomic E-state index is 0.258. The van der Waals surface area contributed by atoms with E-state index in [1.54, 1.807) is 37.0 Å². The first-order valence-electron chi connectivity index (χ1n) is 7.71. The van der Waals surface area contributed by atoms with Gasteiger partial charge < -0.3 is 14.0 Å². The van der Waals surface area contributed by atoms with Crippen LogP contribution in [0.2, 0.25) is 5.02 Å². The number of carbonyl (C=O) groups is 1. The highest BCUT2D eigenvalue weighted by Gasteiger charge is 2.15. The van der Waals surface area contributed by atoms with Crippen molar-refractivity contribution in [2.75, 3.05) is 14.2 Å². The van der Waals surface area contributed by atoms with Crippen molar-refractivity contribution in [2.24, 2.45) is 4.99 Å². The molecule has 1 aromatic heterocycles. The zero-order valence-corrected chi connectivity index (χ0v) is 17.6. The number of hydrogen-bond donors (Lipinski definition) is 0. The number of ether oxygens (including phenoxy) is 2. The van der Waals surface area contributed by atoms with Crippen LogP contribution in [0.3, 0.4) is 0 Å². The highest BCUT2D eigenvalue weighted by Crippen LogP contribution is 2.33. The average Bonchev–Trinajstić information content (AvgIpc) is 2.98. The van der Waals surface area contributed by atoms with Gasteiger partial charge in [0.05, 0.1) is 41.6 Å². The standard InChI is InChI=1S/C19H14BrClN2O3S/c1-4-7-23-14-9-15(25-2)16(26-3)10-17(14)27-19(23)22-18(24)12-8-11(20)5-6-13(12)21/h1,5-6,8-10H,7H2,2-3H3. The van der Waals surface area contributed by atoms with Crippen LogP contribution < -0.4 is 14.3 Å². The predicted octanol–water partition coefficient (Wildman–Crippen LogP) is 4.51. The highest BCUT2D eigenvalue weighted by molar-refractivity contribution is 9.10. The molecule has 8 heteroatoms. The molecule has 0 aliphatic heterocycles. The van der Waals surface area contributed by atoms with E-state index in [2.05, 4.69) is 26.8 Å². The smallest absolute Gasteiger partial charge is 0.281 e. The molecule has 0 saturated carbocycles. The Morgan fingerprint density at radius 2 is 2.00 bits per heavy atom. The SMILES string of the molecule is C#CCn1c(=NC(=O)c2cc(Br)ccc2Cl)sc2cc(OC)c(OC)cc21. The molecule has 27 heavy (non-hydrogen) atoms. The Balaban J connectivity index is 2.22. The number of halogens is 2. The third-order valence-corrected chi connectivity index (χ3v) is 5.66. The molecule has 138 valence electrons. The fourth-order valence-corrected chi connectivity index (χ4v) is 4.13. The van der Waals surface area contributed by atoms with Crippen LogP contribution in [0.5, 0.6) is 11.5 Å². The molecule has 0 saturated heterocycles. The summed E-state index contributed by atoms with van der Waals surface area (Å²) in [6.07, 6.45) is 5.52. The molecular formula is C19H14BrClN2O3S. The van der Waals surface area contributed by atoms with Gasteiger partial charge in [-0.3, -0.25) is 4.79 Å². The predicted molar refractivity (Wildman–Crippen MR) is 111 cm³/mol. The van der Waals surface area contributed by atoms with Gasteiger partial charge in [0.15, 0.2) is 16.3 Å². The van der Waals surface area contributed by atoms with E-state index in [0.29, 0.717) is 26.9 Å². The molecule has 0 N–H and O–H groups in total. The number of hydrogen-bond acceptors (Lipinski definition) is 4. The fourth-order valence-electron chi connectivity index (χ4n) is 2.53. The summed E-state index contributed by atoms with van der Waals surface area (Å²) < 4.78 is 14.1. The van der Waals surface area contributed by atoms with Crippen molar-refractivity contribution >= 4 is 55.0 Å². The first-order valence-corrected chi connectivity index (χ1v) is 9.70. The zero-order valence-electron chi connectivity index (χ0n) is 14.5. The number of methoxy groups -OCH3 is 2. The molecule has 3 rings (SSSR count). The van der Waals surface area contributed by atoms with Gasteiger partial charge in [0.2, 0.25) is 0 Å². The van der Waals surface area contributed by atoms with Gasteiger partial charge in [-0.15, -0.1) is 6.42 Å². The van der Waals surface area contributed by atoms with Crippen LogP contribution >= 0.6 is 38.9 Å². The summed E-state index contributed by atoms with van der Waals surface area (Å²) in [7, 11) is 3.13. The van der Waals surface area contributed by atoms with Gasteiger partial charge in [-0.05, 0) is 18.2 Å². The number of thiazole rings is 1. The van der Waals surface area contributed by atoms with Crippen LogP contribution in [-0.2, 0) is 6.54 Å². The summed E-state index contributed by atoms with van der Waals surface area (Å²) in [5, 5.41) is 0.333. The molecule has 0 spiro atoms. The lowest BCUT2D eigenvalue weighted by molar-refractivity contribution is 0.0998. The van der Waals surface area contributed by atoms with Crippen molar-refractivity contribution in [1.82, 2.24) is 4.57 Å². The number of fused-ring (bicyclic) bond motifs is 1. The van der Waals surface area contributed by atoms with Crippen LogP contribution in [-0.4, -0.2) is 24.7 Å². The van der Waals surface area contributed by atoms with Crippen LogP contribution in [0, 0.1) is 12.3 Å². The summed E-state index contributed by atoms with van der Waals surface area (Å²) in [4.78, 5) is 17.4. The van der Waals surface area contributed by atoms with Crippen molar-refractivity contribution in [3.8, 4) is 23.8 Å². The number of terminal acetylenes is 1. The average molecular weight is 466 g/mol. The van der Waals surface area contributed by atoms with Crippen LogP contribution in [0.25, 0.3) is 10.2 Å². The Morgan fingerprint density at radius 3 is 2.67 bits per heavy atom. The maximum Gasteiger partial charge on any atom is 0.281 e. The number of rotatable bonds is 4. The molecule has 1 heterocycles. The molecular weight excluding hydrogens is 452 g/mol. The second kappa shape index (κ2) is 8.17. The molecule has 3 aromatic rings. The molecule has 0 atom stereocenters. The maximum absolute atomic E-state index is 12.7. The van der Waals surface area contributed by atoms with Gasteiger partial charge in [0, 0.05) is 16.6 Å². The quantitative estimate of drug-likeness (QED) is 0.533. The van der Waals surface area contributed by atoms with Gasteiger partial charge in [-0.1, -0.05) is 44.8 Å². The highest BCUT2D eigenvalue weighted by atomic mass is 79.9. The molecule has 0 fully saturated rings. The summed E-state index contributed by atoms with van der Waals surface area (Å²) >= 11 is 10.8. The van der Waals surface area contributed by atoms with Crippen molar-refractivity contribution in [2.45, 2.75) is 6.54 Å². The lowest BCUT2D eigenvalue weighted by Gasteiger charge is -2.08. The van der Waals surface area contributed by atoms with Gasteiger partial charge >= 0.3 is 0 Å². The largest absolute Gasteiger partial charge is 0.493 e. The second-order valence-electron chi connectivity index (χ2n) is 5.39. The lowest BCUT2D eigenvalue weighted by atomic mass is 10.2. The van der Waals surface area contributed by atoms with E-state index in [1.165, 1.54) is 11.3 Å². The number of amides is 1. The van der Waals surface area contributed by atoms with E-state index in [0.717, 1.165) is 14.7 Å². The summed E-state index contributed by atoms with van der Waals surface area (Å²) in [5.41, 5.74) is 1.12. The number of benzene rings is 2. The summed E-state index contributed by atoms with van der Waals surface area (Å²) in [6, 6.07) is 8.69. The van der Waals surface area contributed by atoms with Crippen LogP contribution in [0.4, 0.5) is 0 Å². The first kappa shape index (κ1) is 19.5. The van der Waals surface area contributed by atoms with E-state index in [9.17, 15) is 4.79 Å². The van der Waals surface area contributed by atoms with Gasteiger partial charge in [0.1, 0.15) is 0 Å². The molecule has 0 aliphatic carbocycles. The van der Waals surface area contributed by atoms with Crippen molar-refractivity contribution < 1.29 is 14.3 Å². The molecule has 0 aliphatic rings. The van der Waals surface area contributed by atoms with Crippen molar-refractivity contribution in [3.63, 3.8) is 0 Å². The molecule has 5 nitrogen and oxygen atoms in total. The lowest BCUT2D eigenvalue weighted by Crippen LogP contribution is -2.16. The summed E-state index contributed by atoms with van der Waals surface area (Å²) in [6.45, 7) is 0.258. The Kier molecular flexibility index (Phi) is 5.90. The minimum Gasteiger partial charge on any atom is -0.493 e. The van der Waals surface area contributed by atoms with Gasteiger partial charge in [-0.25, -0.2) is 0 Å². The second-order valence-corrected chi connectivity index (χ2v) is 7.72. The van der Waals surface area contributed by atoms with E-state index in [-0.39, 0.29) is 6.54 Å². The molecule has 0 unspecified atom stereocenters. The Bertz CT molecular complexity index is 1140. The molecule has 2 aromatic carbocycles. The fraction of sp³-hybridized carbons (Fsp3) is 0.158. The Labute approximate surface area is 173 Å². The Hall–Kier alpha value is -2.27. The molecule has 1 amide bonds. The third-order valence-electron chi connectivity index (χ3n) is 3.79. The van der Waals surface area contributed by atoms with Crippen molar-refractivity contribution in [1.29, 1.82) is 0 Å². The van der Waals surface area contributed by atoms with E-state index in [4.69, 9.17) is 27.5 Å². The van der Waals surface area contributed by atoms with Gasteiger partial charge in [-0.2, -0.15) is 4.99 Å². The van der Waals surface area contributed by atoms with Crippen molar-refractivity contribution in [3.05, 3.63) is 50.2 Å². The Morgan fingerprint density at radius 1 is 1.30 bits per heavy atom. The minimum atomic E-state index is -0.447. The third kappa shape index (κ3) is 3.88. The summed E-state index contributed by atoms with van der Waals surface area (Å²) in [5.74, 6) is 3.31. The number of carbonyl (C=O) groups excluding carboxylic acids is 1. The topological polar surface area (TPSA) is 52.8 Å².